The van der Waals surface area contributed by atoms with E-state index in [9.17, 15) is 0 Å². The SMILES string of the molecule is Nc1ccc2c(c1)COC2=S. The zero-order valence-corrected chi connectivity index (χ0v) is 6.65. The van der Waals surface area contributed by atoms with Crippen molar-refractivity contribution in [2.45, 2.75) is 6.61 Å². The first kappa shape index (κ1) is 6.61. The van der Waals surface area contributed by atoms with Gasteiger partial charge < -0.3 is 10.5 Å². The first-order chi connectivity index (χ1) is 5.27. The molecule has 1 aromatic carbocycles. The van der Waals surface area contributed by atoms with E-state index in [1.807, 2.05) is 18.2 Å². The largest absolute Gasteiger partial charge is 0.478 e. The highest BCUT2D eigenvalue weighted by Crippen LogP contribution is 2.22. The van der Waals surface area contributed by atoms with Gasteiger partial charge in [-0.15, -0.1) is 0 Å². The van der Waals surface area contributed by atoms with E-state index < -0.39 is 0 Å². The van der Waals surface area contributed by atoms with E-state index >= 15 is 0 Å². The second-order valence-corrected chi connectivity index (χ2v) is 2.86. The van der Waals surface area contributed by atoms with Crippen LogP contribution in [0, 0.1) is 0 Å². The van der Waals surface area contributed by atoms with Gasteiger partial charge >= 0.3 is 0 Å². The van der Waals surface area contributed by atoms with Gasteiger partial charge in [-0.25, -0.2) is 0 Å². The van der Waals surface area contributed by atoms with Crippen LogP contribution in [0.3, 0.4) is 0 Å². The Morgan fingerprint density at radius 3 is 3.09 bits per heavy atom. The number of benzene rings is 1. The molecule has 0 saturated carbocycles. The van der Waals surface area contributed by atoms with Crippen LogP contribution in [0.4, 0.5) is 5.69 Å². The van der Waals surface area contributed by atoms with Crippen LogP contribution in [-0.4, -0.2) is 5.05 Å². The summed E-state index contributed by atoms with van der Waals surface area (Å²) in [5.74, 6) is 0. The van der Waals surface area contributed by atoms with Crippen LogP contribution in [0.25, 0.3) is 0 Å². The monoisotopic (exact) mass is 165 g/mol. The fourth-order valence-electron chi connectivity index (χ4n) is 1.15. The van der Waals surface area contributed by atoms with Crippen LogP contribution < -0.4 is 5.73 Å². The molecular weight excluding hydrogens is 158 g/mol. The minimum Gasteiger partial charge on any atom is -0.478 e. The van der Waals surface area contributed by atoms with Gasteiger partial charge in [-0.1, -0.05) is 0 Å². The molecule has 0 amide bonds. The van der Waals surface area contributed by atoms with Gasteiger partial charge in [-0.05, 0) is 30.4 Å². The number of ether oxygens (including phenoxy) is 1. The molecule has 0 aromatic heterocycles. The second kappa shape index (κ2) is 2.20. The molecule has 2 N–H and O–H groups in total. The minimum absolute atomic E-state index is 0.569. The van der Waals surface area contributed by atoms with Crippen LogP contribution >= 0.6 is 12.2 Å². The first-order valence-electron chi connectivity index (χ1n) is 3.33. The molecule has 1 aliphatic heterocycles. The fourth-order valence-corrected chi connectivity index (χ4v) is 1.41. The third-order valence-electron chi connectivity index (χ3n) is 1.71. The Hall–Kier alpha value is -1.09. The summed E-state index contributed by atoms with van der Waals surface area (Å²) >= 11 is 4.95. The Labute approximate surface area is 70.0 Å². The quantitative estimate of drug-likeness (QED) is 0.467. The number of nitrogen functional groups attached to an aromatic ring is 1. The van der Waals surface area contributed by atoms with E-state index in [0.717, 1.165) is 16.8 Å². The first-order valence-corrected chi connectivity index (χ1v) is 3.74. The average Bonchev–Trinajstić information content (AvgIpc) is 2.32. The molecule has 0 spiro atoms. The van der Waals surface area contributed by atoms with Gasteiger partial charge in [0.15, 0.2) is 5.05 Å². The topological polar surface area (TPSA) is 35.2 Å². The van der Waals surface area contributed by atoms with E-state index in [1.54, 1.807) is 0 Å². The van der Waals surface area contributed by atoms with Gasteiger partial charge in [0.1, 0.15) is 6.61 Å². The third-order valence-corrected chi connectivity index (χ3v) is 2.05. The number of thiocarbonyl (C=S) groups is 1. The second-order valence-electron chi connectivity index (χ2n) is 2.49. The van der Waals surface area contributed by atoms with Crippen molar-refractivity contribution in [2.24, 2.45) is 0 Å². The Balaban J connectivity index is 2.59. The van der Waals surface area contributed by atoms with E-state index in [1.165, 1.54) is 0 Å². The summed E-state index contributed by atoms with van der Waals surface area (Å²) in [6, 6.07) is 5.63. The normalized spacial score (nSPS) is 14.4. The van der Waals surface area contributed by atoms with Crippen molar-refractivity contribution in [2.75, 3.05) is 5.73 Å². The Kier molecular flexibility index (Phi) is 1.32. The van der Waals surface area contributed by atoms with E-state index in [-0.39, 0.29) is 0 Å². The van der Waals surface area contributed by atoms with Crippen LogP contribution in [0.5, 0.6) is 0 Å². The molecule has 0 aliphatic carbocycles. The number of hydrogen-bond donors (Lipinski definition) is 1. The molecule has 1 aromatic rings. The van der Waals surface area contributed by atoms with Crippen molar-refractivity contribution in [3.63, 3.8) is 0 Å². The fraction of sp³-hybridized carbons (Fsp3) is 0.125. The van der Waals surface area contributed by atoms with Gasteiger partial charge in [-0.3, -0.25) is 0 Å². The number of anilines is 1. The Morgan fingerprint density at radius 1 is 1.45 bits per heavy atom. The summed E-state index contributed by atoms with van der Waals surface area (Å²) < 4.78 is 5.15. The molecular formula is C8H7NOS. The van der Waals surface area contributed by atoms with Crippen molar-refractivity contribution in [3.8, 4) is 0 Å². The van der Waals surface area contributed by atoms with E-state index in [4.69, 9.17) is 22.7 Å². The predicted octanol–water partition coefficient (Wildman–Crippen LogP) is 1.47. The number of hydrogen-bond acceptors (Lipinski definition) is 3. The Bertz CT molecular complexity index is 322. The van der Waals surface area contributed by atoms with Crippen LogP contribution in [0.1, 0.15) is 11.1 Å². The molecule has 0 fully saturated rings. The lowest BCUT2D eigenvalue weighted by atomic mass is 10.1. The van der Waals surface area contributed by atoms with Gasteiger partial charge in [0.05, 0.1) is 0 Å². The summed E-state index contributed by atoms with van der Waals surface area (Å²) in [6.45, 7) is 0.569. The van der Waals surface area contributed by atoms with Crippen molar-refractivity contribution in [3.05, 3.63) is 29.3 Å². The highest BCUT2D eigenvalue weighted by Gasteiger charge is 2.16. The number of rotatable bonds is 0. The number of nitrogens with two attached hydrogens (primary N) is 1. The van der Waals surface area contributed by atoms with Crippen LogP contribution in [0.15, 0.2) is 18.2 Å². The molecule has 2 rings (SSSR count). The van der Waals surface area contributed by atoms with E-state index in [2.05, 4.69) is 0 Å². The van der Waals surface area contributed by atoms with Crippen molar-refractivity contribution in [1.82, 2.24) is 0 Å². The lowest BCUT2D eigenvalue weighted by Gasteiger charge is -1.95. The number of fused-ring (bicyclic) bond motifs is 1. The molecule has 0 atom stereocenters. The molecule has 2 nitrogen and oxygen atoms in total. The highest BCUT2D eigenvalue weighted by atomic mass is 32.1. The molecule has 11 heavy (non-hydrogen) atoms. The molecule has 1 aliphatic rings. The lowest BCUT2D eigenvalue weighted by Crippen LogP contribution is -1.92. The van der Waals surface area contributed by atoms with Gasteiger partial charge in [0.25, 0.3) is 0 Å². The smallest absolute Gasteiger partial charge is 0.191 e. The molecule has 0 unspecified atom stereocenters. The average molecular weight is 165 g/mol. The van der Waals surface area contributed by atoms with Gasteiger partial charge in [-0.2, -0.15) is 0 Å². The van der Waals surface area contributed by atoms with Crippen LogP contribution in [0.2, 0.25) is 0 Å². The Morgan fingerprint density at radius 2 is 2.27 bits per heavy atom. The third kappa shape index (κ3) is 0.973. The summed E-state index contributed by atoms with van der Waals surface area (Å²) in [7, 11) is 0. The van der Waals surface area contributed by atoms with Crippen LogP contribution in [-0.2, 0) is 11.3 Å². The van der Waals surface area contributed by atoms with Crippen molar-refractivity contribution >= 4 is 23.0 Å². The maximum atomic E-state index is 5.58. The molecule has 0 radical (unpaired) electrons. The van der Waals surface area contributed by atoms with Crippen molar-refractivity contribution in [1.29, 1.82) is 0 Å². The lowest BCUT2D eigenvalue weighted by molar-refractivity contribution is 0.320. The summed E-state index contributed by atoms with van der Waals surface area (Å²) in [5, 5.41) is 0.583. The van der Waals surface area contributed by atoms with Gasteiger partial charge in [0.2, 0.25) is 0 Å². The molecule has 0 saturated heterocycles. The summed E-state index contributed by atoms with van der Waals surface area (Å²) in [6.07, 6.45) is 0. The van der Waals surface area contributed by atoms with Crippen molar-refractivity contribution < 1.29 is 4.74 Å². The van der Waals surface area contributed by atoms with Gasteiger partial charge in [0, 0.05) is 16.8 Å². The molecule has 3 heteroatoms. The van der Waals surface area contributed by atoms with E-state index in [0.29, 0.717) is 11.7 Å². The minimum atomic E-state index is 0.569. The maximum Gasteiger partial charge on any atom is 0.191 e. The zero-order chi connectivity index (χ0) is 7.84. The standard InChI is InChI=1S/C8H7NOS/c9-6-1-2-7-5(3-6)4-10-8(7)11/h1-3H,4,9H2. The summed E-state index contributed by atoms with van der Waals surface area (Å²) in [5.41, 5.74) is 8.44. The molecule has 1 heterocycles. The summed E-state index contributed by atoms with van der Waals surface area (Å²) in [4.78, 5) is 0. The predicted molar refractivity (Wildman–Crippen MR) is 47.3 cm³/mol. The molecule has 56 valence electrons. The zero-order valence-electron chi connectivity index (χ0n) is 5.83. The highest BCUT2D eigenvalue weighted by molar-refractivity contribution is 7.80. The molecule has 0 bridgehead atoms. The maximum absolute atomic E-state index is 5.58.